The molecule has 0 radical (unpaired) electrons. The number of fused-ring (bicyclic) bond motifs is 1. The molecule has 2 rings (SSSR count). The van der Waals surface area contributed by atoms with Gasteiger partial charge in [0.05, 0.1) is 24.2 Å². The minimum Gasteiger partial charge on any atom is -0.326 e. The van der Waals surface area contributed by atoms with E-state index in [1.54, 1.807) is 12.4 Å². The van der Waals surface area contributed by atoms with Crippen LogP contribution in [0, 0.1) is 0 Å². The lowest BCUT2D eigenvalue weighted by atomic mass is 10.2. The molecule has 14 heavy (non-hydrogen) atoms. The summed E-state index contributed by atoms with van der Waals surface area (Å²) in [6.07, 6.45) is 7.68. The molecule has 0 aliphatic heterocycles. The van der Waals surface area contributed by atoms with Crippen molar-refractivity contribution < 1.29 is 0 Å². The van der Waals surface area contributed by atoms with E-state index in [1.165, 1.54) is 6.42 Å². The molecule has 0 saturated heterocycles. The van der Waals surface area contributed by atoms with Gasteiger partial charge < -0.3 is 4.57 Å². The van der Waals surface area contributed by atoms with E-state index < -0.39 is 0 Å². The Hall–Kier alpha value is -1.45. The maximum atomic E-state index is 4.28. The predicted molar refractivity (Wildman–Crippen MR) is 54.9 cm³/mol. The van der Waals surface area contributed by atoms with Crippen LogP contribution in [0.1, 0.15) is 32.7 Å². The van der Waals surface area contributed by atoms with Crippen molar-refractivity contribution in [2.75, 3.05) is 0 Å². The molecule has 2 aromatic rings. The highest BCUT2D eigenvalue weighted by Gasteiger charge is 2.08. The Morgan fingerprint density at radius 2 is 2.14 bits per heavy atom. The van der Waals surface area contributed by atoms with Gasteiger partial charge in [-0.15, -0.1) is 0 Å². The van der Waals surface area contributed by atoms with Crippen LogP contribution in [0.25, 0.3) is 11.0 Å². The van der Waals surface area contributed by atoms with Crippen LogP contribution < -0.4 is 0 Å². The first-order valence-corrected chi connectivity index (χ1v) is 4.96. The first-order chi connectivity index (χ1) is 6.83. The molecule has 0 amide bonds. The molecule has 0 bridgehead atoms. The largest absolute Gasteiger partial charge is 0.326 e. The average molecular weight is 190 g/mol. The summed E-state index contributed by atoms with van der Waals surface area (Å²) in [5.41, 5.74) is 1.99. The van der Waals surface area contributed by atoms with Crippen molar-refractivity contribution in [3.05, 3.63) is 18.7 Å². The molecular weight excluding hydrogens is 176 g/mol. The van der Waals surface area contributed by atoms with Gasteiger partial charge in [-0.05, 0) is 13.3 Å². The van der Waals surface area contributed by atoms with Crippen LogP contribution in [0.4, 0.5) is 0 Å². The van der Waals surface area contributed by atoms with E-state index in [2.05, 4.69) is 33.6 Å². The van der Waals surface area contributed by atoms with Crippen LogP contribution in [0.3, 0.4) is 0 Å². The van der Waals surface area contributed by atoms with Crippen LogP contribution in [0.2, 0.25) is 0 Å². The van der Waals surface area contributed by atoms with E-state index in [-0.39, 0.29) is 0 Å². The van der Waals surface area contributed by atoms with Gasteiger partial charge in [0.1, 0.15) is 5.52 Å². The predicted octanol–water partition coefficient (Wildman–Crippen LogP) is 2.19. The van der Waals surface area contributed by atoms with Gasteiger partial charge >= 0.3 is 0 Å². The van der Waals surface area contributed by atoms with Gasteiger partial charge in [-0.1, -0.05) is 13.3 Å². The first-order valence-electron chi connectivity index (χ1n) is 4.96. The SMILES string of the molecule is CCCC(C)n1cnc2cnncc21. The molecule has 0 spiro atoms. The highest BCUT2D eigenvalue weighted by Crippen LogP contribution is 2.18. The van der Waals surface area contributed by atoms with E-state index in [0.29, 0.717) is 6.04 Å². The van der Waals surface area contributed by atoms with Crippen LogP contribution in [-0.2, 0) is 0 Å². The van der Waals surface area contributed by atoms with E-state index in [0.717, 1.165) is 17.5 Å². The van der Waals surface area contributed by atoms with Gasteiger partial charge in [0.2, 0.25) is 0 Å². The first kappa shape index (κ1) is 9.12. The molecule has 0 saturated carbocycles. The normalized spacial score (nSPS) is 13.3. The van der Waals surface area contributed by atoms with Gasteiger partial charge in [0.15, 0.2) is 0 Å². The smallest absolute Gasteiger partial charge is 0.110 e. The number of rotatable bonds is 3. The fraction of sp³-hybridized carbons (Fsp3) is 0.500. The summed E-state index contributed by atoms with van der Waals surface area (Å²) in [6.45, 7) is 4.39. The molecule has 4 heteroatoms. The van der Waals surface area contributed by atoms with Crippen LogP contribution in [0.15, 0.2) is 18.7 Å². The van der Waals surface area contributed by atoms with Crippen LogP contribution in [-0.4, -0.2) is 19.7 Å². The minimum atomic E-state index is 0.481. The molecule has 0 N–H and O–H groups in total. The number of aromatic nitrogens is 4. The Labute approximate surface area is 83.0 Å². The quantitative estimate of drug-likeness (QED) is 0.745. The summed E-state index contributed by atoms with van der Waals surface area (Å²) >= 11 is 0. The average Bonchev–Trinajstić information content (AvgIpc) is 2.61. The Morgan fingerprint density at radius 3 is 2.93 bits per heavy atom. The molecule has 0 aliphatic rings. The second kappa shape index (κ2) is 3.74. The van der Waals surface area contributed by atoms with Gasteiger partial charge in [-0.2, -0.15) is 10.2 Å². The fourth-order valence-electron chi connectivity index (χ4n) is 1.70. The zero-order chi connectivity index (χ0) is 9.97. The Morgan fingerprint density at radius 1 is 1.36 bits per heavy atom. The zero-order valence-corrected chi connectivity index (χ0v) is 8.51. The van der Waals surface area contributed by atoms with Gasteiger partial charge in [0, 0.05) is 6.04 Å². The Balaban J connectivity index is 2.42. The number of hydrogen-bond donors (Lipinski definition) is 0. The summed E-state index contributed by atoms with van der Waals surface area (Å²) < 4.78 is 2.16. The molecular formula is C10H14N4. The van der Waals surface area contributed by atoms with Crippen molar-refractivity contribution in [3.63, 3.8) is 0 Å². The van der Waals surface area contributed by atoms with Crippen molar-refractivity contribution in [1.82, 2.24) is 19.7 Å². The highest BCUT2D eigenvalue weighted by atomic mass is 15.1. The summed E-state index contributed by atoms with van der Waals surface area (Å²) in [7, 11) is 0. The standard InChI is InChI=1S/C10H14N4/c1-3-4-8(2)14-7-11-9-5-12-13-6-10(9)14/h5-8H,3-4H2,1-2H3. The molecule has 0 aromatic carbocycles. The monoisotopic (exact) mass is 190 g/mol. The van der Waals surface area contributed by atoms with Crippen LogP contribution >= 0.6 is 0 Å². The summed E-state index contributed by atoms with van der Waals surface area (Å²) in [5, 5.41) is 7.68. The Kier molecular flexibility index (Phi) is 2.43. The van der Waals surface area contributed by atoms with Gasteiger partial charge in [0.25, 0.3) is 0 Å². The highest BCUT2D eigenvalue weighted by molar-refractivity contribution is 5.72. The molecule has 1 unspecified atom stereocenters. The Bertz CT molecular complexity index is 421. The second-order valence-corrected chi connectivity index (χ2v) is 3.55. The summed E-state index contributed by atoms with van der Waals surface area (Å²) in [5.74, 6) is 0. The zero-order valence-electron chi connectivity index (χ0n) is 8.51. The third-order valence-corrected chi connectivity index (χ3v) is 2.47. The summed E-state index contributed by atoms with van der Waals surface area (Å²) in [6, 6.07) is 0.481. The van der Waals surface area contributed by atoms with Crippen molar-refractivity contribution in [2.45, 2.75) is 32.7 Å². The van der Waals surface area contributed by atoms with Crippen molar-refractivity contribution >= 4 is 11.0 Å². The third-order valence-electron chi connectivity index (χ3n) is 2.47. The fourth-order valence-corrected chi connectivity index (χ4v) is 1.70. The maximum absolute atomic E-state index is 4.28. The lowest BCUT2D eigenvalue weighted by Crippen LogP contribution is -2.03. The topological polar surface area (TPSA) is 43.6 Å². The molecule has 74 valence electrons. The molecule has 2 heterocycles. The lowest BCUT2D eigenvalue weighted by molar-refractivity contribution is 0.512. The van der Waals surface area contributed by atoms with E-state index in [4.69, 9.17) is 0 Å². The lowest BCUT2D eigenvalue weighted by Gasteiger charge is -2.12. The third kappa shape index (κ3) is 1.47. The number of imidazole rings is 1. The number of hydrogen-bond acceptors (Lipinski definition) is 3. The van der Waals surface area contributed by atoms with E-state index >= 15 is 0 Å². The van der Waals surface area contributed by atoms with Crippen LogP contribution in [0.5, 0.6) is 0 Å². The maximum Gasteiger partial charge on any atom is 0.110 e. The molecule has 0 aliphatic carbocycles. The summed E-state index contributed by atoms with van der Waals surface area (Å²) in [4.78, 5) is 4.28. The minimum absolute atomic E-state index is 0.481. The van der Waals surface area contributed by atoms with Gasteiger partial charge in [-0.25, -0.2) is 4.98 Å². The number of nitrogens with zero attached hydrogens (tertiary/aromatic N) is 4. The second-order valence-electron chi connectivity index (χ2n) is 3.55. The molecule has 1 atom stereocenters. The van der Waals surface area contributed by atoms with Crippen molar-refractivity contribution in [3.8, 4) is 0 Å². The van der Waals surface area contributed by atoms with Crippen molar-refractivity contribution in [2.24, 2.45) is 0 Å². The van der Waals surface area contributed by atoms with Gasteiger partial charge in [-0.3, -0.25) is 0 Å². The molecule has 4 nitrogen and oxygen atoms in total. The van der Waals surface area contributed by atoms with Crippen molar-refractivity contribution in [1.29, 1.82) is 0 Å². The van der Waals surface area contributed by atoms with E-state index in [9.17, 15) is 0 Å². The van der Waals surface area contributed by atoms with E-state index in [1.807, 2.05) is 6.33 Å². The molecule has 2 aromatic heterocycles. The molecule has 0 fully saturated rings.